The van der Waals surface area contributed by atoms with E-state index in [4.69, 9.17) is 37.0 Å². The van der Waals surface area contributed by atoms with Crippen LogP contribution in [0.15, 0.2) is 109 Å². The van der Waals surface area contributed by atoms with Gasteiger partial charge in [0.05, 0.1) is 26.4 Å². The number of rotatable bonds is 71. The number of hydrogen-bond donors (Lipinski definition) is 3. The predicted molar refractivity (Wildman–Crippen MR) is 399 cm³/mol. The van der Waals surface area contributed by atoms with Gasteiger partial charge >= 0.3 is 39.5 Å². The van der Waals surface area contributed by atoms with Crippen LogP contribution in [0.25, 0.3) is 0 Å². The third-order valence-corrected chi connectivity index (χ3v) is 17.6. The molecule has 0 aliphatic heterocycles. The van der Waals surface area contributed by atoms with Gasteiger partial charge < -0.3 is 33.8 Å². The second-order valence-electron chi connectivity index (χ2n) is 25.2. The number of carbonyl (C=O) groups excluding carboxylic acids is 4. The summed E-state index contributed by atoms with van der Waals surface area (Å²) in [6.07, 6.45) is 75.1. The average Bonchev–Trinajstić information content (AvgIpc) is 1.94. The Balaban J connectivity index is 5.33. The van der Waals surface area contributed by atoms with Crippen molar-refractivity contribution in [3.63, 3.8) is 0 Å². The second kappa shape index (κ2) is 71.1. The standard InChI is InChI=1S/C79H136O17P2/c1-5-9-13-17-21-25-29-32-34-35-36-37-39-42-45-48-52-56-60-64-77(82)90-70-75(96-79(84)66-62-58-54-50-46-40-31-27-23-19-15-11-7-3)72-94-98(87,88)92-68-73(80)67-91-97(85,86)93-71-74(95-78(83)65-61-57-53-49-43-28-24-20-16-12-8-4)69-89-76(81)63-59-55-51-47-44-41-38-33-30-26-22-18-14-10-6-2/h10,14-15,19-22,24-27,31-34,36-38,73-75,80H,5-9,11-13,16-18,23,28-30,35,39-72H2,1-4H3,(H,85,86)(H,87,88)/b14-10-,19-15-,24-20-,25-21-,26-22-,31-27-,34-32-,37-36-,38-33-. The van der Waals surface area contributed by atoms with Gasteiger partial charge in [-0.1, -0.05) is 253 Å². The summed E-state index contributed by atoms with van der Waals surface area (Å²) in [6, 6.07) is 0. The highest BCUT2D eigenvalue weighted by Crippen LogP contribution is 2.45. The lowest BCUT2D eigenvalue weighted by Gasteiger charge is -2.21. The minimum atomic E-state index is -4.98. The van der Waals surface area contributed by atoms with Crippen molar-refractivity contribution in [1.29, 1.82) is 0 Å². The number of phosphoric ester groups is 2. The summed E-state index contributed by atoms with van der Waals surface area (Å²) in [4.78, 5) is 72.8. The van der Waals surface area contributed by atoms with Gasteiger partial charge in [0, 0.05) is 25.7 Å². The van der Waals surface area contributed by atoms with Crippen LogP contribution in [0.1, 0.15) is 310 Å². The van der Waals surface area contributed by atoms with Gasteiger partial charge in [0.2, 0.25) is 0 Å². The zero-order chi connectivity index (χ0) is 71.8. The largest absolute Gasteiger partial charge is 0.472 e. The fourth-order valence-corrected chi connectivity index (χ4v) is 11.4. The minimum absolute atomic E-state index is 0.0743. The summed E-state index contributed by atoms with van der Waals surface area (Å²) >= 11 is 0. The Hall–Kier alpha value is -4.28. The first-order chi connectivity index (χ1) is 47.7. The molecule has 0 spiro atoms. The normalized spacial score (nSPS) is 14.6. The van der Waals surface area contributed by atoms with Crippen LogP contribution in [-0.4, -0.2) is 96.7 Å². The molecule has 0 rings (SSSR count). The Morgan fingerprint density at radius 3 is 0.898 bits per heavy atom. The highest BCUT2D eigenvalue weighted by molar-refractivity contribution is 7.47. The molecular weight excluding hydrogens is 1280 g/mol. The van der Waals surface area contributed by atoms with Gasteiger partial charge in [0.25, 0.3) is 0 Å². The van der Waals surface area contributed by atoms with E-state index in [1.165, 1.54) is 32.1 Å². The summed E-state index contributed by atoms with van der Waals surface area (Å²) < 4.78 is 68.4. The van der Waals surface area contributed by atoms with Crippen molar-refractivity contribution >= 4 is 39.5 Å². The molecule has 0 radical (unpaired) electrons. The van der Waals surface area contributed by atoms with Gasteiger partial charge in [-0.15, -0.1) is 0 Å². The number of phosphoric acid groups is 2. The molecule has 3 N–H and O–H groups in total. The molecule has 5 atom stereocenters. The van der Waals surface area contributed by atoms with Crippen molar-refractivity contribution in [3.8, 4) is 0 Å². The first-order valence-electron chi connectivity index (χ1n) is 38.1. The third kappa shape index (κ3) is 70.2. The van der Waals surface area contributed by atoms with E-state index < -0.39 is 97.5 Å². The van der Waals surface area contributed by atoms with E-state index in [1.54, 1.807) is 0 Å². The van der Waals surface area contributed by atoms with E-state index in [0.29, 0.717) is 25.7 Å². The van der Waals surface area contributed by atoms with Crippen molar-refractivity contribution in [2.75, 3.05) is 39.6 Å². The molecule has 0 saturated carbocycles. The number of aliphatic hydroxyl groups is 1. The zero-order valence-electron chi connectivity index (χ0n) is 61.4. The maximum atomic E-state index is 13.1. The highest BCUT2D eigenvalue weighted by Gasteiger charge is 2.30. The minimum Gasteiger partial charge on any atom is -0.462 e. The van der Waals surface area contributed by atoms with Gasteiger partial charge in [-0.3, -0.25) is 37.3 Å². The Morgan fingerprint density at radius 2 is 0.561 bits per heavy atom. The molecule has 0 aromatic rings. The summed E-state index contributed by atoms with van der Waals surface area (Å²) in [5.74, 6) is -2.23. The molecule has 0 aliphatic carbocycles. The molecule has 0 aromatic carbocycles. The van der Waals surface area contributed by atoms with Gasteiger partial charge in [-0.25, -0.2) is 9.13 Å². The number of carbonyl (C=O) groups is 4. The summed E-state index contributed by atoms with van der Waals surface area (Å²) in [6.45, 7) is 4.57. The molecule has 19 heteroatoms. The number of esters is 4. The van der Waals surface area contributed by atoms with Crippen molar-refractivity contribution in [2.45, 2.75) is 329 Å². The lowest BCUT2D eigenvalue weighted by atomic mass is 10.1. The molecule has 5 unspecified atom stereocenters. The summed E-state index contributed by atoms with van der Waals surface area (Å²) in [7, 11) is -9.96. The number of unbranched alkanes of at least 4 members (excludes halogenated alkanes) is 27. The van der Waals surface area contributed by atoms with Crippen LogP contribution in [0.3, 0.4) is 0 Å². The highest BCUT2D eigenvalue weighted by atomic mass is 31.2. The van der Waals surface area contributed by atoms with E-state index in [9.17, 15) is 43.2 Å². The maximum absolute atomic E-state index is 13.1. The molecule has 17 nitrogen and oxygen atoms in total. The first kappa shape index (κ1) is 93.7. The predicted octanol–water partition coefficient (Wildman–Crippen LogP) is 21.8. The van der Waals surface area contributed by atoms with Crippen LogP contribution in [0.5, 0.6) is 0 Å². The van der Waals surface area contributed by atoms with Crippen LogP contribution in [0.2, 0.25) is 0 Å². The van der Waals surface area contributed by atoms with Crippen LogP contribution in [0, 0.1) is 0 Å². The van der Waals surface area contributed by atoms with Crippen molar-refractivity contribution in [2.24, 2.45) is 0 Å². The smallest absolute Gasteiger partial charge is 0.462 e. The van der Waals surface area contributed by atoms with Gasteiger partial charge in [-0.05, 0) is 141 Å². The Kier molecular flexibility index (Phi) is 68.0. The van der Waals surface area contributed by atoms with Gasteiger partial charge in [-0.2, -0.15) is 0 Å². The van der Waals surface area contributed by atoms with E-state index in [-0.39, 0.29) is 25.7 Å². The number of hydrogen-bond acceptors (Lipinski definition) is 15. The third-order valence-electron chi connectivity index (χ3n) is 15.7. The molecule has 0 amide bonds. The molecule has 0 heterocycles. The SMILES string of the molecule is CC/C=C\C/C=C\C/C=C\CCCCCCCC(=O)OCC(COP(=O)(O)OCC(O)COP(=O)(O)OCC(COC(=O)CCCCCCCC/C=C\C/C=C\C/C=C\CCCCC)OC(=O)CCCCCCC/C=C\C/C=C\CCC)OC(=O)CCCCCCC/C=C\CCCC. The van der Waals surface area contributed by atoms with Crippen molar-refractivity contribution in [1.82, 2.24) is 0 Å². The molecule has 98 heavy (non-hydrogen) atoms. The Bertz CT molecular complexity index is 2290. The van der Waals surface area contributed by atoms with E-state index >= 15 is 0 Å². The van der Waals surface area contributed by atoms with Crippen LogP contribution in [-0.2, 0) is 65.4 Å². The second-order valence-corrected chi connectivity index (χ2v) is 28.1. The fraction of sp³-hybridized carbons (Fsp3) is 0.722. The number of ether oxygens (including phenoxy) is 4. The van der Waals surface area contributed by atoms with E-state index in [0.717, 1.165) is 199 Å². The lowest BCUT2D eigenvalue weighted by Crippen LogP contribution is -2.30. The first-order valence-corrected chi connectivity index (χ1v) is 41.1. The zero-order valence-corrected chi connectivity index (χ0v) is 63.2. The summed E-state index contributed by atoms with van der Waals surface area (Å²) in [5.41, 5.74) is 0. The van der Waals surface area contributed by atoms with E-state index in [2.05, 4.69) is 137 Å². The molecular formula is C79H136O17P2. The van der Waals surface area contributed by atoms with Gasteiger partial charge in [0.15, 0.2) is 12.2 Å². The quantitative estimate of drug-likeness (QED) is 0.0169. The monoisotopic (exact) mass is 1420 g/mol. The Labute approximate surface area is 594 Å². The molecule has 564 valence electrons. The van der Waals surface area contributed by atoms with Crippen molar-refractivity contribution < 1.29 is 80.2 Å². The fourth-order valence-electron chi connectivity index (χ4n) is 9.85. The van der Waals surface area contributed by atoms with Crippen LogP contribution >= 0.6 is 15.6 Å². The van der Waals surface area contributed by atoms with E-state index in [1.807, 2.05) is 0 Å². The molecule has 0 fully saturated rings. The molecule has 0 bridgehead atoms. The average molecular weight is 1420 g/mol. The lowest BCUT2D eigenvalue weighted by molar-refractivity contribution is -0.161. The maximum Gasteiger partial charge on any atom is 0.472 e. The number of allylic oxidation sites excluding steroid dienone is 18. The summed E-state index contributed by atoms with van der Waals surface area (Å²) in [5, 5.41) is 10.6. The topological polar surface area (TPSA) is 237 Å². The van der Waals surface area contributed by atoms with Crippen LogP contribution < -0.4 is 0 Å². The van der Waals surface area contributed by atoms with Gasteiger partial charge in [0.1, 0.15) is 19.3 Å². The van der Waals surface area contributed by atoms with Crippen LogP contribution in [0.4, 0.5) is 0 Å². The molecule has 0 saturated heterocycles. The molecule has 0 aromatic heterocycles. The van der Waals surface area contributed by atoms with Crippen molar-refractivity contribution in [3.05, 3.63) is 109 Å². The Morgan fingerprint density at radius 1 is 0.296 bits per heavy atom. The number of aliphatic hydroxyl groups excluding tert-OH is 1. The molecule has 0 aliphatic rings.